The minimum absolute atomic E-state index is 0.571. The number of nitrogens with two attached hydrogens (primary N) is 1. The molecule has 0 aromatic heterocycles. The summed E-state index contributed by atoms with van der Waals surface area (Å²) in [6.45, 7) is 1.17. The summed E-state index contributed by atoms with van der Waals surface area (Å²) in [5.41, 5.74) is 6.85. The van der Waals surface area contributed by atoms with Crippen molar-refractivity contribution < 1.29 is 4.74 Å². The van der Waals surface area contributed by atoms with E-state index in [1.54, 1.807) is 0 Å². The number of ether oxygens (including phenoxy) is 1. The van der Waals surface area contributed by atoms with E-state index in [0.29, 0.717) is 13.2 Å². The molecule has 1 fully saturated rings. The molecular weight excluding hydrogens is 218 g/mol. The Morgan fingerprint density at radius 2 is 1.88 bits per heavy atom. The third kappa shape index (κ3) is 3.16. The molecular formula is C13H19NOS. The number of benzene rings is 1. The van der Waals surface area contributed by atoms with Gasteiger partial charge < -0.3 is 10.5 Å². The van der Waals surface area contributed by atoms with Crippen molar-refractivity contribution in [3.05, 3.63) is 29.8 Å². The minimum atomic E-state index is 0.571. The first-order valence-corrected chi connectivity index (χ1v) is 7.06. The Kier molecular flexibility index (Phi) is 4.55. The van der Waals surface area contributed by atoms with Crippen molar-refractivity contribution in [1.29, 1.82) is 0 Å². The Hall–Kier alpha value is -0.670. The summed E-state index contributed by atoms with van der Waals surface area (Å²) in [6.07, 6.45) is 2.63. The fourth-order valence-electron chi connectivity index (χ4n) is 2.04. The molecule has 2 rings (SSSR count). The highest BCUT2D eigenvalue weighted by molar-refractivity contribution is 7.99. The van der Waals surface area contributed by atoms with Crippen molar-refractivity contribution in [2.75, 3.05) is 24.7 Å². The summed E-state index contributed by atoms with van der Waals surface area (Å²) >= 11 is 2.07. The highest BCUT2D eigenvalue weighted by Crippen LogP contribution is 2.32. The van der Waals surface area contributed by atoms with Crippen LogP contribution in [0.3, 0.4) is 0 Å². The zero-order valence-electron chi connectivity index (χ0n) is 9.52. The Bertz CT molecular complexity index is 306. The van der Waals surface area contributed by atoms with Gasteiger partial charge in [-0.1, -0.05) is 12.1 Å². The van der Waals surface area contributed by atoms with E-state index in [2.05, 4.69) is 36.0 Å². The number of hydrogen-bond donors (Lipinski definition) is 1. The zero-order chi connectivity index (χ0) is 11.2. The monoisotopic (exact) mass is 237 g/mol. The van der Waals surface area contributed by atoms with Crippen molar-refractivity contribution in [1.82, 2.24) is 0 Å². The van der Waals surface area contributed by atoms with Crippen molar-refractivity contribution in [2.24, 2.45) is 5.73 Å². The van der Waals surface area contributed by atoms with E-state index in [1.807, 2.05) is 0 Å². The van der Waals surface area contributed by atoms with Gasteiger partial charge in [-0.25, -0.2) is 0 Å². The summed E-state index contributed by atoms with van der Waals surface area (Å²) in [7, 11) is 0. The maximum atomic E-state index is 5.47. The summed E-state index contributed by atoms with van der Waals surface area (Å²) in [5.74, 6) is 4.29. The number of hydrogen-bond acceptors (Lipinski definition) is 3. The molecule has 0 atom stereocenters. The molecule has 0 radical (unpaired) electrons. The van der Waals surface area contributed by atoms with Gasteiger partial charge in [0.15, 0.2) is 0 Å². The van der Waals surface area contributed by atoms with Gasteiger partial charge in [0.2, 0.25) is 0 Å². The molecule has 2 nitrogen and oxygen atoms in total. The van der Waals surface area contributed by atoms with Gasteiger partial charge in [0.05, 0.1) is 0 Å². The van der Waals surface area contributed by atoms with E-state index >= 15 is 0 Å². The smallest absolute Gasteiger partial charge is 0.119 e. The second kappa shape index (κ2) is 6.16. The third-order valence-corrected chi connectivity index (χ3v) is 4.01. The molecule has 0 unspecified atom stereocenters. The van der Waals surface area contributed by atoms with Crippen LogP contribution >= 0.6 is 11.8 Å². The van der Waals surface area contributed by atoms with Gasteiger partial charge in [0, 0.05) is 6.54 Å². The molecule has 1 aromatic carbocycles. The first-order chi connectivity index (χ1) is 7.90. The maximum absolute atomic E-state index is 5.47. The molecule has 88 valence electrons. The van der Waals surface area contributed by atoms with Crippen LogP contribution in [-0.2, 0) is 0 Å². The van der Waals surface area contributed by atoms with Gasteiger partial charge in [-0.2, -0.15) is 11.8 Å². The molecule has 0 saturated carbocycles. The SMILES string of the molecule is NCCOc1ccc(C2CCSCC2)cc1. The minimum Gasteiger partial charge on any atom is -0.492 e. The van der Waals surface area contributed by atoms with Crippen LogP contribution in [0.1, 0.15) is 24.3 Å². The van der Waals surface area contributed by atoms with Crippen LogP contribution in [-0.4, -0.2) is 24.7 Å². The van der Waals surface area contributed by atoms with E-state index < -0.39 is 0 Å². The first-order valence-electron chi connectivity index (χ1n) is 5.90. The van der Waals surface area contributed by atoms with E-state index in [1.165, 1.54) is 29.9 Å². The van der Waals surface area contributed by atoms with Gasteiger partial charge in [0.25, 0.3) is 0 Å². The Labute approximate surface area is 102 Å². The zero-order valence-corrected chi connectivity index (χ0v) is 10.3. The van der Waals surface area contributed by atoms with Crippen LogP contribution in [0, 0.1) is 0 Å². The summed E-state index contributed by atoms with van der Waals surface area (Å²) < 4.78 is 5.47. The summed E-state index contributed by atoms with van der Waals surface area (Å²) in [6, 6.07) is 8.53. The molecule has 16 heavy (non-hydrogen) atoms. The van der Waals surface area contributed by atoms with Crippen LogP contribution < -0.4 is 10.5 Å². The highest BCUT2D eigenvalue weighted by Gasteiger charge is 2.15. The van der Waals surface area contributed by atoms with Gasteiger partial charge in [-0.05, 0) is 48.0 Å². The van der Waals surface area contributed by atoms with Crippen LogP contribution in [0.4, 0.5) is 0 Å². The Morgan fingerprint density at radius 3 is 2.50 bits per heavy atom. The molecule has 2 N–H and O–H groups in total. The predicted octanol–water partition coefficient (Wildman–Crippen LogP) is 2.63. The molecule has 1 aromatic rings. The fourth-order valence-corrected chi connectivity index (χ4v) is 3.15. The molecule has 0 amide bonds. The average Bonchev–Trinajstić information content (AvgIpc) is 2.38. The average molecular weight is 237 g/mol. The summed E-state index contributed by atoms with van der Waals surface area (Å²) in [5, 5.41) is 0. The lowest BCUT2D eigenvalue weighted by Crippen LogP contribution is -2.11. The van der Waals surface area contributed by atoms with Crippen LogP contribution in [0.15, 0.2) is 24.3 Å². The second-order valence-corrected chi connectivity index (χ2v) is 5.32. The molecule has 0 spiro atoms. The highest BCUT2D eigenvalue weighted by atomic mass is 32.2. The molecule has 1 heterocycles. The molecule has 3 heteroatoms. The van der Waals surface area contributed by atoms with E-state index in [4.69, 9.17) is 10.5 Å². The molecule has 0 bridgehead atoms. The lowest BCUT2D eigenvalue weighted by atomic mass is 9.93. The van der Waals surface area contributed by atoms with E-state index in [0.717, 1.165) is 11.7 Å². The fraction of sp³-hybridized carbons (Fsp3) is 0.538. The van der Waals surface area contributed by atoms with Gasteiger partial charge in [-0.3, -0.25) is 0 Å². The normalized spacial score (nSPS) is 17.3. The van der Waals surface area contributed by atoms with Crippen LogP contribution in [0.2, 0.25) is 0 Å². The standard InChI is InChI=1S/C13H19NOS/c14-7-8-15-13-3-1-11(2-4-13)12-5-9-16-10-6-12/h1-4,12H,5-10,14H2. The van der Waals surface area contributed by atoms with Crippen molar-refractivity contribution in [3.8, 4) is 5.75 Å². The topological polar surface area (TPSA) is 35.2 Å². The van der Waals surface area contributed by atoms with Crippen molar-refractivity contribution in [2.45, 2.75) is 18.8 Å². The maximum Gasteiger partial charge on any atom is 0.119 e. The van der Waals surface area contributed by atoms with Crippen molar-refractivity contribution >= 4 is 11.8 Å². The predicted molar refractivity (Wildman–Crippen MR) is 70.3 cm³/mol. The first kappa shape index (κ1) is 11.8. The lowest BCUT2D eigenvalue weighted by molar-refractivity contribution is 0.328. The van der Waals surface area contributed by atoms with E-state index in [9.17, 15) is 0 Å². The second-order valence-electron chi connectivity index (χ2n) is 4.09. The summed E-state index contributed by atoms with van der Waals surface area (Å²) in [4.78, 5) is 0. The Balaban J connectivity index is 1.95. The Morgan fingerprint density at radius 1 is 1.19 bits per heavy atom. The van der Waals surface area contributed by atoms with E-state index in [-0.39, 0.29) is 0 Å². The van der Waals surface area contributed by atoms with Gasteiger partial charge in [0.1, 0.15) is 12.4 Å². The molecule has 1 aliphatic rings. The molecule has 1 saturated heterocycles. The number of rotatable bonds is 4. The van der Waals surface area contributed by atoms with Crippen molar-refractivity contribution in [3.63, 3.8) is 0 Å². The largest absolute Gasteiger partial charge is 0.492 e. The van der Waals surface area contributed by atoms with Crippen LogP contribution in [0.25, 0.3) is 0 Å². The van der Waals surface area contributed by atoms with Gasteiger partial charge in [-0.15, -0.1) is 0 Å². The molecule has 0 aliphatic carbocycles. The van der Waals surface area contributed by atoms with Crippen LogP contribution in [0.5, 0.6) is 5.75 Å². The quantitative estimate of drug-likeness (QED) is 0.874. The number of thioether (sulfide) groups is 1. The third-order valence-electron chi connectivity index (χ3n) is 2.96. The van der Waals surface area contributed by atoms with Gasteiger partial charge >= 0.3 is 0 Å². The molecule has 1 aliphatic heterocycles. The lowest BCUT2D eigenvalue weighted by Gasteiger charge is -2.21.